The van der Waals surface area contributed by atoms with Crippen molar-refractivity contribution >= 4 is 11.5 Å². The molecule has 1 atom stereocenters. The number of aromatic nitrogens is 3. The molecule has 0 bridgehead atoms. The Kier molecular flexibility index (Phi) is 4.99. The molecule has 2 heterocycles. The number of rotatable bonds is 6. The van der Waals surface area contributed by atoms with Crippen molar-refractivity contribution in [2.24, 2.45) is 0 Å². The first-order chi connectivity index (χ1) is 9.28. The molecule has 2 aromatic rings. The number of hydrogen-bond acceptors (Lipinski definition) is 5. The zero-order valence-corrected chi connectivity index (χ0v) is 12.5. The topological polar surface area (TPSA) is 50.7 Å². The van der Waals surface area contributed by atoms with Gasteiger partial charge in [0, 0.05) is 18.3 Å². The van der Waals surface area contributed by atoms with E-state index < -0.39 is 0 Å². The summed E-state index contributed by atoms with van der Waals surface area (Å²) in [6.07, 6.45) is 4.79. The maximum absolute atomic E-state index is 4.53. The van der Waals surface area contributed by atoms with E-state index in [9.17, 15) is 0 Å². The summed E-state index contributed by atoms with van der Waals surface area (Å²) >= 11 is 1.48. The van der Waals surface area contributed by atoms with Gasteiger partial charge in [-0.15, -0.1) is 5.10 Å². The van der Waals surface area contributed by atoms with Gasteiger partial charge in [-0.05, 0) is 43.1 Å². The van der Waals surface area contributed by atoms with E-state index in [1.165, 1.54) is 22.0 Å². The highest BCUT2D eigenvalue weighted by molar-refractivity contribution is 7.05. The number of nitrogens with one attached hydrogen (secondary N) is 1. The van der Waals surface area contributed by atoms with Gasteiger partial charge in [0.1, 0.15) is 0 Å². The molecule has 2 rings (SSSR count). The van der Waals surface area contributed by atoms with Gasteiger partial charge in [0.15, 0.2) is 0 Å². The van der Waals surface area contributed by atoms with Crippen molar-refractivity contribution in [2.45, 2.75) is 39.2 Å². The van der Waals surface area contributed by atoms with E-state index in [2.05, 4.69) is 45.9 Å². The van der Waals surface area contributed by atoms with Gasteiger partial charge in [-0.25, -0.2) is 0 Å². The Morgan fingerprint density at radius 2 is 2.11 bits per heavy atom. The largest absolute Gasteiger partial charge is 0.312 e. The van der Waals surface area contributed by atoms with Crippen molar-refractivity contribution in [1.29, 1.82) is 0 Å². The van der Waals surface area contributed by atoms with Crippen LogP contribution in [-0.4, -0.2) is 21.6 Å². The Hall–Kier alpha value is -1.33. The summed E-state index contributed by atoms with van der Waals surface area (Å²) in [5, 5.41) is 7.53. The number of likely N-dealkylation sites (N-methyl/N-ethyl adjacent to an activating group) is 1. The lowest BCUT2D eigenvalue weighted by molar-refractivity contribution is 0.587. The summed E-state index contributed by atoms with van der Waals surface area (Å²) < 4.78 is 4.06. The third kappa shape index (κ3) is 3.36. The molecule has 0 radical (unpaired) electrons. The molecule has 2 aromatic heterocycles. The van der Waals surface area contributed by atoms with Crippen molar-refractivity contribution in [3.8, 4) is 0 Å². The number of aryl methyl sites for hydroxylation is 2. The Morgan fingerprint density at radius 3 is 2.68 bits per heavy atom. The molecule has 102 valence electrons. The van der Waals surface area contributed by atoms with E-state index in [1.807, 2.05) is 13.2 Å². The van der Waals surface area contributed by atoms with E-state index >= 15 is 0 Å². The summed E-state index contributed by atoms with van der Waals surface area (Å²) in [6, 6.07) is 4.51. The maximum Gasteiger partial charge on any atom is 0.0801 e. The second-order valence-corrected chi connectivity index (χ2v) is 5.28. The van der Waals surface area contributed by atoms with Crippen molar-refractivity contribution in [3.63, 3.8) is 0 Å². The van der Waals surface area contributed by atoms with Crippen molar-refractivity contribution < 1.29 is 0 Å². The predicted molar refractivity (Wildman–Crippen MR) is 78.4 cm³/mol. The lowest BCUT2D eigenvalue weighted by Gasteiger charge is -2.14. The van der Waals surface area contributed by atoms with Gasteiger partial charge >= 0.3 is 0 Å². The summed E-state index contributed by atoms with van der Waals surface area (Å²) in [6.45, 7) is 4.25. The molecule has 4 nitrogen and oxygen atoms in total. The van der Waals surface area contributed by atoms with Gasteiger partial charge in [0.05, 0.1) is 16.6 Å². The third-order valence-corrected chi connectivity index (χ3v) is 4.17. The van der Waals surface area contributed by atoms with Crippen LogP contribution in [0.4, 0.5) is 0 Å². The maximum atomic E-state index is 4.53. The van der Waals surface area contributed by atoms with Crippen LogP contribution >= 0.6 is 11.5 Å². The molecule has 0 saturated carbocycles. The number of pyridine rings is 1. The molecule has 19 heavy (non-hydrogen) atoms. The summed E-state index contributed by atoms with van der Waals surface area (Å²) in [4.78, 5) is 5.75. The number of hydrogen-bond donors (Lipinski definition) is 1. The molecule has 1 N–H and O–H groups in total. The van der Waals surface area contributed by atoms with Gasteiger partial charge in [0.25, 0.3) is 0 Å². The minimum absolute atomic E-state index is 0.245. The molecule has 0 aliphatic carbocycles. The molecule has 0 aromatic carbocycles. The fourth-order valence-corrected chi connectivity index (χ4v) is 2.89. The van der Waals surface area contributed by atoms with Crippen molar-refractivity contribution in [1.82, 2.24) is 19.9 Å². The Labute approximate surface area is 118 Å². The van der Waals surface area contributed by atoms with Crippen LogP contribution in [0.15, 0.2) is 18.3 Å². The average molecular weight is 276 g/mol. The first-order valence-corrected chi connectivity index (χ1v) is 7.48. The lowest BCUT2D eigenvalue weighted by atomic mass is 10.1. The summed E-state index contributed by atoms with van der Waals surface area (Å²) in [5.41, 5.74) is 3.47. The van der Waals surface area contributed by atoms with Crippen LogP contribution in [0.25, 0.3) is 0 Å². The fourth-order valence-electron chi connectivity index (χ4n) is 2.05. The molecular weight excluding hydrogens is 256 g/mol. The van der Waals surface area contributed by atoms with Crippen molar-refractivity contribution in [2.75, 3.05) is 7.05 Å². The van der Waals surface area contributed by atoms with Crippen LogP contribution in [0, 0.1) is 0 Å². The first kappa shape index (κ1) is 14.1. The van der Waals surface area contributed by atoms with Crippen LogP contribution in [-0.2, 0) is 19.3 Å². The average Bonchev–Trinajstić information content (AvgIpc) is 2.93. The van der Waals surface area contributed by atoms with E-state index in [0.717, 1.165) is 30.7 Å². The monoisotopic (exact) mass is 276 g/mol. The minimum atomic E-state index is 0.245. The molecule has 0 spiro atoms. The first-order valence-electron chi connectivity index (χ1n) is 6.70. The highest BCUT2D eigenvalue weighted by Gasteiger charge is 2.17. The quantitative estimate of drug-likeness (QED) is 0.881. The van der Waals surface area contributed by atoms with Gasteiger partial charge in [-0.1, -0.05) is 24.4 Å². The van der Waals surface area contributed by atoms with Gasteiger partial charge < -0.3 is 5.32 Å². The van der Waals surface area contributed by atoms with Gasteiger partial charge in [-0.3, -0.25) is 4.98 Å². The van der Waals surface area contributed by atoms with Crippen LogP contribution in [0.5, 0.6) is 0 Å². The smallest absolute Gasteiger partial charge is 0.0801 e. The van der Waals surface area contributed by atoms with Crippen molar-refractivity contribution in [3.05, 3.63) is 40.2 Å². The fraction of sp³-hybridized carbons (Fsp3) is 0.500. The summed E-state index contributed by atoms with van der Waals surface area (Å²) in [5.74, 6) is 0. The zero-order valence-electron chi connectivity index (χ0n) is 11.7. The minimum Gasteiger partial charge on any atom is -0.312 e. The van der Waals surface area contributed by atoms with E-state index in [1.54, 1.807) is 0 Å². The Bertz CT molecular complexity index is 506. The van der Waals surface area contributed by atoms with Crippen LogP contribution in [0.1, 0.15) is 41.7 Å². The zero-order chi connectivity index (χ0) is 13.7. The molecular formula is C14H20N4S. The predicted octanol–water partition coefficient (Wildman–Crippen LogP) is 2.56. The molecule has 0 saturated heterocycles. The molecule has 0 fully saturated rings. The van der Waals surface area contributed by atoms with Crippen LogP contribution < -0.4 is 5.32 Å². The Balaban J connectivity index is 2.14. The molecule has 5 heteroatoms. The standard InChI is InChI=1S/C14H20N4S/c1-4-10-6-7-11(16-9-10)8-13(15-3)14-12(5-2)17-18-19-14/h6-7,9,13,15H,4-5,8H2,1-3H3. The molecule has 0 aliphatic rings. The summed E-state index contributed by atoms with van der Waals surface area (Å²) in [7, 11) is 1.98. The second kappa shape index (κ2) is 6.73. The van der Waals surface area contributed by atoms with Gasteiger partial charge in [-0.2, -0.15) is 0 Å². The highest BCUT2D eigenvalue weighted by Crippen LogP contribution is 2.23. The molecule has 0 amide bonds. The lowest BCUT2D eigenvalue weighted by Crippen LogP contribution is -2.19. The van der Waals surface area contributed by atoms with E-state index in [-0.39, 0.29) is 6.04 Å². The van der Waals surface area contributed by atoms with Crippen LogP contribution in [0.3, 0.4) is 0 Å². The molecule has 0 aliphatic heterocycles. The van der Waals surface area contributed by atoms with Crippen LogP contribution in [0.2, 0.25) is 0 Å². The Morgan fingerprint density at radius 1 is 1.26 bits per heavy atom. The van der Waals surface area contributed by atoms with E-state index in [0.29, 0.717) is 0 Å². The SMILES string of the molecule is CCc1ccc(CC(NC)c2snnc2CC)nc1. The normalized spacial score (nSPS) is 12.6. The molecule has 1 unspecified atom stereocenters. The van der Waals surface area contributed by atoms with Gasteiger partial charge in [0.2, 0.25) is 0 Å². The second-order valence-electron chi connectivity index (χ2n) is 4.49. The third-order valence-electron chi connectivity index (χ3n) is 3.29. The number of nitrogens with zero attached hydrogens (tertiary/aromatic N) is 3. The van der Waals surface area contributed by atoms with E-state index in [4.69, 9.17) is 0 Å². The highest BCUT2D eigenvalue weighted by atomic mass is 32.1.